The van der Waals surface area contributed by atoms with Crippen molar-refractivity contribution in [3.05, 3.63) is 27.7 Å². The molecule has 4 nitrogen and oxygen atoms in total. The fraction of sp³-hybridized carbons (Fsp3) is 0.600. The Morgan fingerprint density at radius 3 is 2.52 bits per heavy atom. The Hall–Kier alpha value is -0.430. The van der Waals surface area contributed by atoms with Crippen LogP contribution in [0.1, 0.15) is 43.7 Å². The van der Waals surface area contributed by atoms with Crippen molar-refractivity contribution in [3.63, 3.8) is 0 Å². The van der Waals surface area contributed by atoms with Gasteiger partial charge in [-0.3, -0.25) is 0 Å². The summed E-state index contributed by atoms with van der Waals surface area (Å²) in [6.07, 6.45) is 4.35. The van der Waals surface area contributed by atoms with E-state index < -0.39 is 10.0 Å². The number of nitrogens with one attached hydrogen (secondary N) is 1. The molecule has 1 aromatic carbocycles. The van der Waals surface area contributed by atoms with Gasteiger partial charge in [0.15, 0.2) is 0 Å². The SMILES string of the molecule is CCC1(CNS(=O)(=O)c2cc(CO)cc(Br)c2C)CCC1. The molecule has 1 aliphatic rings. The first-order chi connectivity index (χ1) is 9.83. The molecule has 0 amide bonds. The van der Waals surface area contributed by atoms with E-state index in [-0.39, 0.29) is 16.9 Å². The van der Waals surface area contributed by atoms with E-state index >= 15 is 0 Å². The minimum atomic E-state index is -3.56. The Bertz CT molecular complexity index is 619. The van der Waals surface area contributed by atoms with Gasteiger partial charge >= 0.3 is 0 Å². The minimum absolute atomic E-state index is 0.132. The lowest BCUT2D eigenvalue weighted by molar-refractivity contribution is 0.133. The van der Waals surface area contributed by atoms with Gasteiger partial charge in [0.25, 0.3) is 0 Å². The van der Waals surface area contributed by atoms with Crippen molar-refractivity contribution < 1.29 is 13.5 Å². The van der Waals surface area contributed by atoms with E-state index in [9.17, 15) is 13.5 Å². The van der Waals surface area contributed by atoms with Crippen LogP contribution in [-0.2, 0) is 16.6 Å². The van der Waals surface area contributed by atoms with E-state index in [2.05, 4.69) is 27.6 Å². The van der Waals surface area contributed by atoms with Gasteiger partial charge in [0.1, 0.15) is 0 Å². The predicted octanol–water partition coefficient (Wildman–Crippen LogP) is 3.11. The summed E-state index contributed by atoms with van der Waals surface area (Å²) in [5.41, 5.74) is 1.38. The maximum atomic E-state index is 12.6. The molecule has 0 bridgehead atoms. The van der Waals surface area contributed by atoms with Crippen LogP contribution in [0.5, 0.6) is 0 Å². The van der Waals surface area contributed by atoms with Crippen LogP contribution < -0.4 is 4.72 Å². The highest BCUT2D eigenvalue weighted by Gasteiger charge is 2.36. The van der Waals surface area contributed by atoms with Gasteiger partial charge < -0.3 is 5.11 Å². The monoisotopic (exact) mass is 375 g/mol. The molecule has 1 saturated carbocycles. The zero-order chi connectivity index (χ0) is 15.7. The van der Waals surface area contributed by atoms with Gasteiger partial charge in [0.2, 0.25) is 10.0 Å². The molecule has 1 aliphatic carbocycles. The van der Waals surface area contributed by atoms with Crippen molar-refractivity contribution in [2.45, 2.75) is 51.0 Å². The zero-order valence-corrected chi connectivity index (χ0v) is 14.8. The summed E-state index contributed by atoms with van der Waals surface area (Å²) in [6, 6.07) is 3.29. The third kappa shape index (κ3) is 3.50. The van der Waals surface area contributed by atoms with Crippen LogP contribution >= 0.6 is 15.9 Å². The molecule has 1 aromatic rings. The van der Waals surface area contributed by atoms with Gasteiger partial charge in [0.05, 0.1) is 11.5 Å². The molecule has 1 fully saturated rings. The second-order valence-corrected chi connectivity index (χ2v) is 8.48. The summed E-state index contributed by atoms with van der Waals surface area (Å²) >= 11 is 3.36. The first-order valence-corrected chi connectivity index (χ1v) is 9.51. The average molecular weight is 376 g/mol. The Morgan fingerprint density at radius 2 is 2.05 bits per heavy atom. The van der Waals surface area contributed by atoms with Crippen molar-refractivity contribution >= 4 is 26.0 Å². The normalized spacial score (nSPS) is 17.5. The van der Waals surface area contributed by atoms with Gasteiger partial charge in [-0.25, -0.2) is 13.1 Å². The second kappa shape index (κ2) is 6.36. The van der Waals surface area contributed by atoms with E-state index in [0.717, 1.165) is 19.3 Å². The number of rotatable bonds is 6. The predicted molar refractivity (Wildman–Crippen MR) is 86.6 cm³/mol. The van der Waals surface area contributed by atoms with Crippen LogP contribution in [0.15, 0.2) is 21.5 Å². The molecule has 2 rings (SSSR count). The summed E-state index contributed by atoms with van der Waals surface area (Å²) in [7, 11) is -3.56. The number of benzene rings is 1. The van der Waals surface area contributed by atoms with E-state index in [1.807, 2.05) is 0 Å². The molecule has 0 radical (unpaired) electrons. The van der Waals surface area contributed by atoms with Crippen molar-refractivity contribution in [1.82, 2.24) is 4.72 Å². The highest BCUT2D eigenvalue weighted by molar-refractivity contribution is 9.10. The number of sulfonamides is 1. The van der Waals surface area contributed by atoms with Crippen molar-refractivity contribution in [2.75, 3.05) is 6.54 Å². The lowest BCUT2D eigenvalue weighted by atomic mass is 9.67. The maximum Gasteiger partial charge on any atom is 0.240 e. The molecule has 0 unspecified atom stereocenters. The fourth-order valence-electron chi connectivity index (χ4n) is 2.74. The van der Waals surface area contributed by atoms with Gasteiger partial charge in [-0.1, -0.05) is 29.3 Å². The first-order valence-electron chi connectivity index (χ1n) is 7.23. The topological polar surface area (TPSA) is 66.4 Å². The Balaban J connectivity index is 2.25. The average Bonchev–Trinajstić information content (AvgIpc) is 2.40. The Kier molecular flexibility index (Phi) is 5.13. The van der Waals surface area contributed by atoms with Crippen LogP contribution in [-0.4, -0.2) is 20.1 Å². The minimum Gasteiger partial charge on any atom is -0.392 e. The van der Waals surface area contributed by atoms with Gasteiger partial charge in [-0.2, -0.15) is 0 Å². The standard InChI is InChI=1S/C15H22BrNO3S/c1-3-15(5-4-6-15)10-17-21(19,20)14-8-12(9-18)7-13(16)11(14)2/h7-8,17-18H,3-6,9-10H2,1-2H3. The van der Waals surface area contributed by atoms with Crippen LogP contribution in [0.3, 0.4) is 0 Å². The molecule has 2 N–H and O–H groups in total. The van der Waals surface area contributed by atoms with Gasteiger partial charge in [-0.15, -0.1) is 0 Å². The molecule has 0 atom stereocenters. The summed E-state index contributed by atoms with van der Waals surface area (Å²) in [6.45, 7) is 4.19. The lowest BCUT2D eigenvalue weighted by Gasteiger charge is -2.41. The highest BCUT2D eigenvalue weighted by atomic mass is 79.9. The van der Waals surface area contributed by atoms with E-state index in [1.54, 1.807) is 19.1 Å². The second-order valence-electron chi connectivity index (χ2n) is 5.89. The van der Waals surface area contributed by atoms with Crippen molar-refractivity contribution in [1.29, 1.82) is 0 Å². The molecule has 0 saturated heterocycles. The van der Waals surface area contributed by atoms with E-state index in [0.29, 0.717) is 22.1 Å². The molecule has 0 spiro atoms. The van der Waals surface area contributed by atoms with Crippen molar-refractivity contribution in [2.24, 2.45) is 5.41 Å². The van der Waals surface area contributed by atoms with Gasteiger partial charge in [0, 0.05) is 11.0 Å². The third-order valence-electron chi connectivity index (χ3n) is 4.63. The number of halogens is 1. The quantitative estimate of drug-likeness (QED) is 0.802. The molecule has 118 valence electrons. The smallest absolute Gasteiger partial charge is 0.240 e. The van der Waals surface area contributed by atoms with Crippen molar-refractivity contribution in [3.8, 4) is 0 Å². The van der Waals surface area contributed by atoms with E-state index in [4.69, 9.17) is 0 Å². The number of hydrogen-bond acceptors (Lipinski definition) is 3. The molecular formula is C15H22BrNO3S. The molecular weight excluding hydrogens is 354 g/mol. The number of aliphatic hydroxyl groups is 1. The molecule has 21 heavy (non-hydrogen) atoms. The van der Waals surface area contributed by atoms with Crippen LogP contribution in [0.25, 0.3) is 0 Å². The summed E-state index contributed by atoms with van der Waals surface area (Å²) in [5.74, 6) is 0. The molecule has 0 aliphatic heterocycles. The largest absolute Gasteiger partial charge is 0.392 e. The van der Waals surface area contributed by atoms with Crippen LogP contribution in [0.4, 0.5) is 0 Å². The summed E-state index contributed by atoms with van der Waals surface area (Å²) in [4.78, 5) is 0.242. The lowest BCUT2D eigenvalue weighted by Crippen LogP contribution is -2.41. The number of hydrogen-bond donors (Lipinski definition) is 2. The Labute approximate surface area is 135 Å². The molecule has 6 heteroatoms. The van der Waals surface area contributed by atoms with Crippen LogP contribution in [0.2, 0.25) is 0 Å². The van der Waals surface area contributed by atoms with Gasteiger partial charge in [-0.05, 0) is 54.9 Å². The molecule has 0 heterocycles. The fourth-order valence-corrected chi connectivity index (χ4v) is 4.85. The van der Waals surface area contributed by atoms with E-state index in [1.165, 1.54) is 6.42 Å². The molecule has 0 aromatic heterocycles. The highest BCUT2D eigenvalue weighted by Crippen LogP contribution is 2.43. The zero-order valence-electron chi connectivity index (χ0n) is 12.4. The number of aliphatic hydroxyl groups excluding tert-OH is 1. The third-order valence-corrected chi connectivity index (χ3v) is 6.98. The Morgan fingerprint density at radius 1 is 1.38 bits per heavy atom. The summed E-state index contributed by atoms with van der Waals surface area (Å²) in [5, 5.41) is 9.25. The van der Waals surface area contributed by atoms with Crippen LogP contribution in [0, 0.1) is 12.3 Å². The maximum absolute atomic E-state index is 12.6. The summed E-state index contributed by atoms with van der Waals surface area (Å²) < 4.78 is 28.6. The first kappa shape index (κ1) is 16.9.